The quantitative estimate of drug-likeness (QED) is 0.459. The van der Waals surface area contributed by atoms with Gasteiger partial charge in [0.2, 0.25) is 0 Å². The fraction of sp³-hybridized carbons (Fsp3) is 1.00. The van der Waals surface area contributed by atoms with E-state index in [1.165, 1.54) is 38.5 Å². The summed E-state index contributed by atoms with van der Waals surface area (Å²) in [6, 6.07) is 0. The van der Waals surface area contributed by atoms with Crippen LogP contribution in [0.1, 0.15) is 87.0 Å². The van der Waals surface area contributed by atoms with Gasteiger partial charge >= 0.3 is 0 Å². The summed E-state index contributed by atoms with van der Waals surface area (Å²) < 4.78 is 0. The third kappa shape index (κ3) is 4.25. The second-order valence-corrected chi connectivity index (χ2v) is 7.99. The largest absolute Gasteiger partial charge is 0.0651 e. The molecule has 1 saturated carbocycles. The first kappa shape index (κ1) is 18.1. The van der Waals surface area contributed by atoms with Crippen LogP contribution in [-0.2, 0) is 0 Å². The van der Waals surface area contributed by atoms with Gasteiger partial charge in [-0.1, -0.05) is 67.7 Å². The van der Waals surface area contributed by atoms with Gasteiger partial charge in [-0.05, 0) is 60.7 Å². The maximum Gasteiger partial charge on any atom is -0.0350 e. The normalized spacial score (nSPS) is 31.5. The lowest BCUT2D eigenvalue weighted by atomic mass is 9.71. The topological polar surface area (TPSA) is 0 Å². The standard InChI is InChI=1S/C20H40/c1-8-15(6)17(10-3)13-20-18(14(4)5)11-12-19(20)16(7)9-2/h14-20H,8-13H2,1-7H3. The summed E-state index contributed by atoms with van der Waals surface area (Å²) in [5.41, 5.74) is 0. The van der Waals surface area contributed by atoms with E-state index in [9.17, 15) is 0 Å². The zero-order valence-corrected chi connectivity index (χ0v) is 15.3. The van der Waals surface area contributed by atoms with E-state index in [1.54, 1.807) is 0 Å². The second kappa shape index (κ2) is 8.44. The first-order valence-corrected chi connectivity index (χ1v) is 9.46. The summed E-state index contributed by atoms with van der Waals surface area (Å²) in [6.07, 6.45) is 8.60. The van der Waals surface area contributed by atoms with Crippen molar-refractivity contribution in [3.8, 4) is 0 Å². The molecule has 1 aliphatic rings. The van der Waals surface area contributed by atoms with E-state index >= 15 is 0 Å². The molecule has 6 atom stereocenters. The Morgan fingerprint density at radius 3 is 1.85 bits per heavy atom. The Kier molecular flexibility index (Phi) is 7.62. The van der Waals surface area contributed by atoms with Gasteiger partial charge in [-0.3, -0.25) is 0 Å². The van der Waals surface area contributed by atoms with Crippen molar-refractivity contribution in [2.24, 2.45) is 41.4 Å². The molecular weight excluding hydrogens is 240 g/mol. The van der Waals surface area contributed by atoms with Gasteiger partial charge in [0.1, 0.15) is 0 Å². The molecule has 1 aliphatic carbocycles. The monoisotopic (exact) mass is 280 g/mol. The van der Waals surface area contributed by atoms with Gasteiger partial charge < -0.3 is 0 Å². The van der Waals surface area contributed by atoms with E-state index < -0.39 is 0 Å². The molecule has 0 radical (unpaired) electrons. The van der Waals surface area contributed by atoms with Crippen molar-refractivity contribution >= 4 is 0 Å². The molecule has 0 heterocycles. The van der Waals surface area contributed by atoms with Crippen molar-refractivity contribution in [3.05, 3.63) is 0 Å². The van der Waals surface area contributed by atoms with Crippen molar-refractivity contribution in [1.29, 1.82) is 0 Å². The molecule has 0 aromatic rings. The van der Waals surface area contributed by atoms with Crippen LogP contribution in [0.15, 0.2) is 0 Å². The van der Waals surface area contributed by atoms with Gasteiger partial charge in [0.25, 0.3) is 0 Å². The molecule has 0 heteroatoms. The van der Waals surface area contributed by atoms with E-state index in [-0.39, 0.29) is 0 Å². The molecule has 0 bridgehead atoms. The van der Waals surface area contributed by atoms with Crippen molar-refractivity contribution in [3.63, 3.8) is 0 Å². The van der Waals surface area contributed by atoms with Gasteiger partial charge in [0.05, 0.1) is 0 Å². The van der Waals surface area contributed by atoms with Crippen LogP contribution in [0, 0.1) is 41.4 Å². The molecule has 0 N–H and O–H groups in total. The van der Waals surface area contributed by atoms with Gasteiger partial charge in [0.15, 0.2) is 0 Å². The molecule has 0 nitrogen and oxygen atoms in total. The molecule has 1 fully saturated rings. The van der Waals surface area contributed by atoms with Gasteiger partial charge in [-0.15, -0.1) is 0 Å². The van der Waals surface area contributed by atoms with Gasteiger partial charge in [-0.25, -0.2) is 0 Å². The first-order valence-electron chi connectivity index (χ1n) is 9.46. The van der Waals surface area contributed by atoms with Crippen molar-refractivity contribution in [1.82, 2.24) is 0 Å². The van der Waals surface area contributed by atoms with E-state index in [0.29, 0.717) is 0 Å². The van der Waals surface area contributed by atoms with Crippen molar-refractivity contribution < 1.29 is 0 Å². The van der Waals surface area contributed by atoms with Crippen molar-refractivity contribution in [2.75, 3.05) is 0 Å². The molecule has 1 rings (SSSR count). The minimum Gasteiger partial charge on any atom is -0.0651 e. The van der Waals surface area contributed by atoms with Crippen LogP contribution in [0.2, 0.25) is 0 Å². The summed E-state index contributed by atoms with van der Waals surface area (Å²) in [4.78, 5) is 0. The summed E-state index contributed by atoms with van der Waals surface area (Å²) in [5, 5.41) is 0. The molecule has 120 valence electrons. The summed E-state index contributed by atoms with van der Waals surface area (Å²) in [7, 11) is 0. The SMILES string of the molecule is CCC(C)C(CC)CC1C(C(C)C)CCC1C(C)CC. The first-order chi connectivity index (χ1) is 9.46. The Bertz CT molecular complexity index is 255. The molecule has 0 aromatic heterocycles. The minimum atomic E-state index is 0.878. The lowest BCUT2D eigenvalue weighted by molar-refractivity contribution is 0.145. The Morgan fingerprint density at radius 1 is 0.800 bits per heavy atom. The van der Waals surface area contributed by atoms with Crippen LogP contribution in [0.4, 0.5) is 0 Å². The van der Waals surface area contributed by atoms with Crippen LogP contribution < -0.4 is 0 Å². The Morgan fingerprint density at radius 2 is 1.40 bits per heavy atom. The predicted octanol–water partition coefficient (Wildman–Crippen LogP) is 6.79. The maximum absolute atomic E-state index is 2.50. The van der Waals surface area contributed by atoms with Crippen LogP contribution >= 0.6 is 0 Å². The van der Waals surface area contributed by atoms with Crippen LogP contribution in [0.3, 0.4) is 0 Å². The number of rotatable bonds is 8. The predicted molar refractivity (Wildman–Crippen MR) is 91.9 cm³/mol. The molecule has 6 unspecified atom stereocenters. The molecule has 0 aliphatic heterocycles. The average molecular weight is 281 g/mol. The Balaban J connectivity index is 2.81. The number of hydrogen-bond acceptors (Lipinski definition) is 0. The third-order valence-electron chi connectivity index (χ3n) is 6.71. The second-order valence-electron chi connectivity index (χ2n) is 7.99. The molecule has 0 spiro atoms. The molecular formula is C20H40. The van der Waals surface area contributed by atoms with Crippen LogP contribution in [0.25, 0.3) is 0 Å². The summed E-state index contributed by atoms with van der Waals surface area (Å²) in [6.45, 7) is 17.1. The average Bonchev–Trinajstić information content (AvgIpc) is 2.86. The summed E-state index contributed by atoms with van der Waals surface area (Å²) in [5.74, 6) is 6.67. The molecule has 0 aromatic carbocycles. The molecule has 20 heavy (non-hydrogen) atoms. The van der Waals surface area contributed by atoms with E-state index in [4.69, 9.17) is 0 Å². The summed E-state index contributed by atoms with van der Waals surface area (Å²) >= 11 is 0. The zero-order chi connectivity index (χ0) is 15.3. The van der Waals surface area contributed by atoms with Crippen LogP contribution in [0.5, 0.6) is 0 Å². The molecule has 0 saturated heterocycles. The maximum atomic E-state index is 2.50. The highest BCUT2D eigenvalue weighted by molar-refractivity contribution is 4.90. The van der Waals surface area contributed by atoms with E-state index in [1.807, 2.05) is 0 Å². The minimum absolute atomic E-state index is 0.878. The third-order valence-corrected chi connectivity index (χ3v) is 6.71. The molecule has 0 amide bonds. The fourth-order valence-corrected chi connectivity index (χ4v) is 4.80. The van der Waals surface area contributed by atoms with Crippen LogP contribution in [-0.4, -0.2) is 0 Å². The number of hydrogen-bond donors (Lipinski definition) is 0. The fourth-order valence-electron chi connectivity index (χ4n) is 4.80. The smallest absolute Gasteiger partial charge is 0.0350 e. The highest BCUT2D eigenvalue weighted by Crippen LogP contribution is 2.49. The highest BCUT2D eigenvalue weighted by Gasteiger charge is 2.40. The zero-order valence-electron chi connectivity index (χ0n) is 15.3. The lowest BCUT2D eigenvalue weighted by Crippen LogP contribution is -2.27. The Hall–Kier alpha value is 0. The van der Waals surface area contributed by atoms with Gasteiger partial charge in [0, 0.05) is 0 Å². The van der Waals surface area contributed by atoms with E-state index in [2.05, 4.69) is 48.5 Å². The lowest BCUT2D eigenvalue weighted by Gasteiger charge is -2.35. The Labute approximate surface area is 129 Å². The van der Waals surface area contributed by atoms with Crippen molar-refractivity contribution in [2.45, 2.75) is 87.0 Å². The van der Waals surface area contributed by atoms with Gasteiger partial charge in [-0.2, -0.15) is 0 Å². The van der Waals surface area contributed by atoms with E-state index in [0.717, 1.165) is 41.4 Å². The highest BCUT2D eigenvalue weighted by atomic mass is 14.5.